The predicted molar refractivity (Wildman–Crippen MR) is 79.4 cm³/mol. The maximum absolute atomic E-state index is 9.19. The molecule has 1 saturated carbocycles. The zero-order valence-electron chi connectivity index (χ0n) is 12.7. The Morgan fingerprint density at radius 3 is 2.68 bits per heavy atom. The van der Waals surface area contributed by atoms with Crippen LogP contribution in [0.2, 0.25) is 0 Å². The molecule has 0 aromatic rings. The first-order chi connectivity index (χ1) is 9.31. The van der Waals surface area contributed by atoms with Gasteiger partial charge in [0.2, 0.25) is 0 Å². The summed E-state index contributed by atoms with van der Waals surface area (Å²) in [7, 11) is 1.74. The molecule has 4 nitrogen and oxygen atoms in total. The molecule has 0 amide bonds. The minimum atomic E-state index is 0.238. The van der Waals surface area contributed by atoms with E-state index in [0.29, 0.717) is 12.0 Å². The quantitative estimate of drug-likeness (QED) is 0.624. The first kappa shape index (κ1) is 16.9. The molecule has 1 fully saturated rings. The molecule has 0 heterocycles. The summed E-state index contributed by atoms with van der Waals surface area (Å²) in [6, 6.07) is 0.649. The van der Waals surface area contributed by atoms with Crippen molar-refractivity contribution in [3.05, 3.63) is 0 Å². The minimum Gasteiger partial charge on any atom is -0.395 e. The Labute approximate surface area is 118 Å². The second-order valence-electron chi connectivity index (χ2n) is 5.58. The Hall–Kier alpha value is -0.160. The van der Waals surface area contributed by atoms with E-state index >= 15 is 0 Å². The highest BCUT2D eigenvalue weighted by atomic mass is 16.5. The Kier molecular flexibility index (Phi) is 9.43. The average molecular weight is 272 g/mol. The summed E-state index contributed by atoms with van der Waals surface area (Å²) in [5.74, 6) is 0.714. The zero-order valence-corrected chi connectivity index (χ0v) is 12.7. The number of nitrogens with zero attached hydrogens (tertiary/aromatic N) is 1. The number of methoxy groups -OCH3 is 1. The van der Waals surface area contributed by atoms with E-state index in [1.807, 2.05) is 0 Å². The molecule has 1 aliphatic carbocycles. The van der Waals surface area contributed by atoms with Gasteiger partial charge in [-0.15, -0.1) is 0 Å². The van der Waals surface area contributed by atoms with Crippen molar-refractivity contribution in [2.75, 3.05) is 46.5 Å². The highest BCUT2D eigenvalue weighted by Gasteiger charge is 2.24. The summed E-state index contributed by atoms with van der Waals surface area (Å²) in [6.45, 7) is 7.01. The molecule has 0 radical (unpaired) electrons. The van der Waals surface area contributed by atoms with Crippen LogP contribution < -0.4 is 5.32 Å². The first-order valence-corrected chi connectivity index (χ1v) is 7.87. The number of hydrogen-bond acceptors (Lipinski definition) is 4. The zero-order chi connectivity index (χ0) is 13.9. The molecule has 0 aromatic heterocycles. The molecule has 0 spiro atoms. The lowest BCUT2D eigenvalue weighted by Gasteiger charge is -2.31. The smallest absolute Gasteiger partial charge is 0.0589 e. The lowest BCUT2D eigenvalue weighted by molar-refractivity contribution is 0.111. The Bertz CT molecular complexity index is 214. The molecule has 0 aliphatic heterocycles. The van der Waals surface area contributed by atoms with Crippen LogP contribution in [-0.4, -0.2) is 62.6 Å². The van der Waals surface area contributed by atoms with E-state index < -0.39 is 0 Å². The Morgan fingerprint density at radius 1 is 1.21 bits per heavy atom. The lowest BCUT2D eigenvalue weighted by atomic mass is 9.94. The van der Waals surface area contributed by atoms with Gasteiger partial charge in [-0.1, -0.05) is 26.2 Å². The van der Waals surface area contributed by atoms with Crippen molar-refractivity contribution in [3.8, 4) is 0 Å². The number of aliphatic hydroxyl groups excluding tert-OH is 1. The molecule has 2 N–H and O–H groups in total. The summed E-state index contributed by atoms with van der Waals surface area (Å²) in [4.78, 5) is 2.35. The van der Waals surface area contributed by atoms with E-state index in [1.54, 1.807) is 7.11 Å². The lowest BCUT2D eigenvalue weighted by Crippen LogP contribution is -2.43. The van der Waals surface area contributed by atoms with Crippen LogP contribution >= 0.6 is 0 Å². The minimum absolute atomic E-state index is 0.238. The van der Waals surface area contributed by atoms with Crippen LogP contribution in [0.1, 0.15) is 39.0 Å². The molecule has 4 heteroatoms. The van der Waals surface area contributed by atoms with E-state index in [9.17, 15) is 5.11 Å². The first-order valence-electron chi connectivity index (χ1n) is 7.87. The van der Waals surface area contributed by atoms with Gasteiger partial charge in [-0.2, -0.15) is 0 Å². The van der Waals surface area contributed by atoms with Gasteiger partial charge in [-0.25, -0.2) is 0 Å². The van der Waals surface area contributed by atoms with Gasteiger partial charge in [0, 0.05) is 32.8 Å². The molecule has 2 unspecified atom stereocenters. The van der Waals surface area contributed by atoms with Crippen molar-refractivity contribution in [1.82, 2.24) is 10.2 Å². The second-order valence-corrected chi connectivity index (χ2v) is 5.58. The standard InChI is InChI=1S/C15H32N2O2/c1-3-16-15-8-6-4-5-7-14(15)13-17(9-11-18)10-12-19-2/h14-16,18H,3-13H2,1-2H3. The van der Waals surface area contributed by atoms with Crippen LogP contribution in [0.15, 0.2) is 0 Å². The summed E-state index contributed by atoms with van der Waals surface area (Å²) in [6.07, 6.45) is 6.69. The molecule has 2 atom stereocenters. The van der Waals surface area contributed by atoms with Crippen molar-refractivity contribution < 1.29 is 9.84 Å². The van der Waals surface area contributed by atoms with E-state index in [1.165, 1.54) is 32.1 Å². The van der Waals surface area contributed by atoms with Crippen molar-refractivity contribution in [1.29, 1.82) is 0 Å². The van der Waals surface area contributed by atoms with E-state index in [4.69, 9.17) is 4.74 Å². The van der Waals surface area contributed by atoms with Crippen LogP contribution in [0.25, 0.3) is 0 Å². The summed E-state index contributed by atoms with van der Waals surface area (Å²) >= 11 is 0. The molecule has 0 bridgehead atoms. The molecule has 114 valence electrons. The van der Waals surface area contributed by atoms with Gasteiger partial charge in [0.15, 0.2) is 0 Å². The SMILES string of the molecule is CCNC1CCCCCC1CN(CCO)CCOC. The molecular weight excluding hydrogens is 240 g/mol. The van der Waals surface area contributed by atoms with Crippen molar-refractivity contribution in [2.24, 2.45) is 5.92 Å². The fraction of sp³-hybridized carbons (Fsp3) is 1.00. The summed E-state index contributed by atoms with van der Waals surface area (Å²) in [5.41, 5.74) is 0. The number of nitrogens with one attached hydrogen (secondary N) is 1. The molecule has 0 aromatic carbocycles. The van der Waals surface area contributed by atoms with Crippen molar-refractivity contribution >= 4 is 0 Å². The van der Waals surface area contributed by atoms with Gasteiger partial charge in [-0.3, -0.25) is 4.90 Å². The fourth-order valence-electron chi connectivity index (χ4n) is 3.12. The number of aliphatic hydroxyl groups is 1. The molecule has 1 aliphatic rings. The number of rotatable bonds is 9. The highest BCUT2D eigenvalue weighted by Crippen LogP contribution is 2.24. The topological polar surface area (TPSA) is 44.7 Å². The maximum Gasteiger partial charge on any atom is 0.0589 e. The van der Waals surface area contributed by atoms with Gasteiger partial charge in [0.25, 0.3) is 0 Å². The highest BCUT2D eigenvalue weighted by molar-refractivity contribution is 4.81. The molecule has 0 saturated heterocycles. The van der Waals surface area contributed by atoms with Gasteiger partial charge in [0.05, 0.1) is 13.2 Å². The van der Waals surface area contributed by atoms with Crippen molar-refractivity contribution in [2.45, 2.75) is 45.1 Å². The van der Waals surface area contributed by atoms with Crippen LogP contribution in [0.5, 0.6) is 0 Å². The third-order valence-corrected chi connectivity index (χ3v) is 4.15. The van der Waals surface area contributed by atoms with E-state index in [2.05, 4.69) is 17.1 Å². The van der Waals surface area contributed by atoms with Crippen LogP contribution in [0, 0.1) is 5.92 Å². The van der Waals surface area contributed by atoms with Crippen molar-refractivity contribution in [3.63, 3.8) is 0 Å². The number of ether oxygens (including phenoxy) is 1. The largest absolute Gasteiger partial charge is 0.395 e. The van der Waals surface area contributed by atoms with Crippen LogP contribution in [0.3, 0.4) is 0 Å². The molecular formula is C15H32N2O2. The van der Waals surface area contributed by atoms with E-state index in [0.717, 1.165) is 32.8 Å². The number of hydrogen-bond donors (Lipinski definition) is 2. The third-order valence-electron chi connectivity index (χ3n) is 4.15. The van der Waals surface area contributed by atoms with Gasteiger partial charge in [0.1, 0.15) is 0 Å². The molecule has 1 rings (SSSR count). The average Bonchev–Trinajstić information content (AvgIpc) is 2.63. The van der Waals surface area contributed by atoms with Gasteiger partial charge >= 0.3 is 0 Å². The molecule has 19 heavy (non-hydrogen) atoms. The summed E-state index contributed by atoms with van der Waals surface area (Å²) in [5, 5.41) is 12.8. The third kappa shape index (κ3) is 6.70. The fourth-order valence-corrected chi connectivity index (χ4v) is 3.12. The van der Waals surface area contributed by atoms with Gasteiger partial charge in [-0.05, 0) is 25.3 Å². The Balaban J connectivity index is 2.50. The second kappa shape index (κ2) is 10.6. The van der Waals surface area contributed by atoms with Crippen LogP contribution in [0.4, 0.5) is 0 Å². The monoisotopic (exact) mass is 272 g/mol. The van der Waals surface area contributed by atoms with Crippen LogP contribution in [-0.2, 0) is 4.74 Å². The maximum atomic E-state index is 9.19. The van der Waals surface area contributed by atoms with E-state index in [-0.39, 0.29) is 6.61 Å². The van der Waals surface area contributed by atoms with Gasteiger partial charge < -0.3 is 15.2 Å². The normalized spacial score (nSPS) is 24.6. The predicted octanol–water partition coefficient (Wildman–Crippen LogP) is 1.49. The summed E-state index contributed by atoms with van der Waals surface area (Å²) < 4.78 is 5.17. The Morgan fingerprint density at radius 2 is 2.00 bits per heavy atom.